The van der Waals surface area contributed by atoms with Crippen LogP contribution in [0.1, 0.15) is 29.7 Å². The van der Waals surface area contributed by atoms with E-state index in [0.29, 0.717) is 31.1 Å². The Morgan fingerprint density at radius 2 is 1.81 bits per heavy atom. The van der Waals surface area contributed by atoms with E-state index >= 15 is 0 Å². The molecule has 2 aliphatic heterocycles. The highest BCUT2D eigenvalue weighted by molar-refractivity contribution is 9.11. The van der Waals surface area contributed by atoms with Gasteiger partial charge in [0.1, 0.15) is 13.2 Å². The fourth-order valence-electron chi connectivity index (χ4n) is 2.80. The van der Waals surface area contributed by atoms with Crippen molar-refractivity contribution in [3.8, 4) is 11.5 Å². The van der Waals surface area contributed by atoms with Crippen molar-refractivity contribution in [2.75, 3.05) is 19.0 Å². The number of rotatable bonds is 2. The summed E-state index contributed by atoms with van der Waals surface area (Å²) >= 11 is 7.12. The van der Waals surface area contributed by atoms with Gasteiger partial charge >= 0.3 is 0 Å². The third-order valence-corrected chi connectivity index (χ3v) is 8.37. The fourth-order valence-corrected chi connectivity index (χ4v) is 7.25. The van der Waals surface area contributed by atoms with Gasteiger partial charge in [0.05, 0.1) is 15.8 Å². The van der Waals surface area contributed by atoms with Gasteiger partial charge in [-0.25, -0.2) is 8.42 Å². The maximum atomic E-state index is 12.3. The van der Waals surface area contributed by atoms with Gasteiger partial charge in [0, 0.05) is 4.47 Å². The summed E-state index contributed by atoms with van der Waals surface area (Å²) in [4.78, 5) is -0.243. The van der Waals surface area contributed by atoms with Crippen LogP contribution in [-0.4, -0.2) is 32.6 Å². The van der Waals surface area contributed by atoms with Gasteiger partial charge < -0.3 is 9.47 Å². The smallest absolute Gasteiger partial charge is 0.162 e. The topological polar surface area (TPSA) is 52.6 Å². The normalized spacial score (nSPS) is 25.3. The van der Waals surface area contributed by atoms with Crippen LogP contribution in [0.3, 0.4) is 0 Å². The monoisotopic (exact) mass is 438 g/mol. The number of ether oxygens (including phenoxy) is 2. The molecule has 1 aromatic rings. The van der Waals surface area contributed by atoms with E-state index in [-0.39, 0.29) is 15.8 Å². The zero-order valence-corrected chi connectivity index (χ0v) is 15.3. The molecule has 116 valence electrons. The highest BCUT2D eigenvalue weighted by Crippen LogP contribution is 2.44. The van der Waals surface area contributed by atoms with Crippen LogP contribution in [0.15, 0.2) is 16.6 Å². The minimum atomic E-state index is -3.05. The SMILES string of the molecule is O=S1(=O)CCCCC1C(Br)c1cc2c(cc1Br)OCCO2. The maximum Gasteiger partial charge on any atom is 0.162 e. The quantitative estimate of drug-likeness (QED) is 0.660. The molecule has 0 N–H and O–H groups in total. The molecule has 0 saturated carbocycles. The molecule has 3 rings (SSSR count). The van der Waals surface area contributed by atoms with Gasteiger partial charge in [0.15, 0.2) is 21.3 Å². The number of alkyl halides is 1. The molecule has 0 bridgehead atoms. The zero-order chi connectivity index (χ0) is 15.0. The third kappa shape index (κ3) is 3.10. The van der Waals surface area contributed by atoms with Gasteiger partial charge in [-0.2, -0.15) is 0 Å². The molecule has 7 heteroatoms. The van der Waals surface area contributed by atoms with Crippen LogP contribution < -0.4 is 9.47 Å². The lowest BCUT2D eigenvalue weighted by atomic mass is 10.0. The van der Waals surface area contributed by atoms with Gasteiger partial charge in [0.25, 0.3) is 0 Å². The van der Waals surface area contributed by atoms with Gasteiger partial charge in [-0.3, -0.25) is 0 Å². The van der Waals surface area contributed by atoms with E-state index in [9.17, 15) is 8.42 Å². The van der Waals surface area contributed by atoms with Crippen LogP contribution in [0.2, 0.25) is 0 Å². The van der Waals surface area contributed by atoms with E-state index < -0.39 is 9.84 Å². The van der Waals surface area contributed by atoms with Crippen LogP contribution in [0.25, 0.3) is 0 Å². The number of halogens is 2. The van der Waals surface area contributed by atoms with E-state index in [1.54, 1.807) is 0 Å². The standard InChI is InChI=1S/C14H16Br2O4S/c15-10-8-12-11(19-4-5-20-12)7-9(10)14(16)13-3-1-2-6-21(13,17)18/h7-8,13-14H,1-6H2. The molecule has 1 saturated heterocycles. The van der Waals surface area contributed by atoms with Crippen molar-refractivity contribution >= 4 is 41.7 Å². The molecule has 0 spiro atoms. The molecule has 0 aliphatic carbocycles. The van der Waals surface area contributed by atoms with E-state index in [1.807, 2.05) is 12.1 Å². The van der Waals surface area contributed by atoms with Crippen molar-refractivity contribution < 1.29 is 17.9 Å². The van der Waals surface area contributed by atoms with Crippen molar-refractivity contribution in [2.24, 2.45) is 0 Å². The van der Waals surface area contributed by atoms with Crippen LogP contribution >= 0.6 is 31.9 Å². The first-order valence-electron chi connectivity index (χ1n) is 6.94. The van der Waals surface area contributed by atoms with Crippen molar-refractivity contribution in [3.63, 3.8) is 0 Å². The van der Waals surface area contributed by atoms with Crippen LogP contribution in [0.5, 0.6) is 11.5 Å². The molecular formula is C14H16Br2O4S. The first-order valence-corrected chi connectivity index (χ1v) is 10.4. The third-order valence-electron chi connectivity index (χ3n) is 3.91. The molecule has 2 aliphatic rings. The fraction of sp³-hybridized carbons (Fsp3) is 0.571. The molecular weight excluding hydrogens is 424 g/mol. The van der Waals surface area contributed by atoms with Crippen molar-refractivity contribution in [1.29, 1.82) is 0 Å². The number of benzene rings is 1. The molecule has 1 aromatic carbocycles. The van der Waals surface area contributed by atoms with E-state index in [0.717, 1.165) is 22.9 Å². The first kappa shape index (κ1) is 15.6. The van der Waals surface area contributed by atoms with Crippen LogP contribution in [0, 0.1) is 0 Å². The summed E-state index contributed by atoms with van der Waals surface area (Å²) in [5.74, 6) is 1.65. The molecule has 2 atom stereocenters. The van der Waals surface area contributed by atoms with Gasteiger partial charge in [-0.05, 0) is 30.5 Å². The predicted molar refractivity (Wildman–Crippen MR) is 88.2 cm³/mol. The summed E-state index contributed by atoms with van der Waals surface area (Å²) in [6, 6.07) is 3.73. The van der Waals surface area contributed by atoms with E-state index in [4.69, 9.17) is 9.47 Å². The zero-order valence-electron chi connectivity index (χ0n) is 11.3. The summed E-state index contributed by atoms with van der Waals surface area (Å²) in [6.45, 7) is 1.05. The predicted octanol–water partition coefficient (Wildman–Crippen LogP) is 3.62. The molecule has 0 aromatic heterocycles. The first-order chi connectivity index (χ1) is 9.99. The van der Waals surface area contributed by atoms with E-state index in [2.05, 4.69) is 31.9 Å². The minimum absolute atomic E-state index is 0.243. The molecule has 2 unspecified atom stereocenters. The molecule has 2 heterocycles. The van der Waals surface area contributed by atoms with Gasteiger partial charge in [0.2, 0.25) is 0 Å². The Kier molecular flexibility index (Phi) is 4.52. The summed E-state index contributed by atoms with van der Waals surface area (Å²) in [6.07, 6.45) is 2.41. The van der Waals surface area contributed by atoms with Crippen molar-refractivity contribution in [3.05, 3.63) is 22.2 Å². The average Bonchev–Trinajstić information content (AvgIpc) is 2.45. The highest BCUT2D eigenvalue weighted by atomic mass is 79.9. The van der Waals surface area contributed by atoms with Crippen LogP contribution in [0.4, 0.5) is 0 Å². The van der Waals surface area contributed by atoms with Crippen molar-refractivity contribution in [1.82, 2.24) is 0 Å². The van der Waals surface area contributed by atoms with Gasteiger partial charge in [-0.1, -0.05) is 38.3 Å². The summed E-state index contributed by atoms with van der Waals surface area (Å²) in [5, 5.41) is -0.384. The van der Waals surface area contributed by atoms with Crippen LogP contribution in [-0.2, 0) is 9.84 Å². The Bertz CT molecular complexity index is 645. The largest absolute Gasteiger partial charge is 0.486 e. The molecule has 21 heavy (non-hydrogen) atoms. The Morgan fingerprint density at radius 3 is 2.48 bits per heavy atom. The second-order valence-electron chi connectivity index (χ2n) is 5.32. The minimum Gasteiger partial charge on any atom is -0.486 e. The second kappa shape index (κ2) is 6.08. The lowest BCUT2D eigenvalue weighted by Crippen LogP contribution is -2.32. The lowest BCUT2D eigenvalue weighted by molar-refractivity contribution is 0.171. The Labute approximate surface area is 141 Å². The summed E-state index contributed by atoms with van der Waals surface area (Å²) < 4.78 is 36.6. The number of sulfone groups is 1. The molecule has 4 nitrogen and oxygen atoms in total. The maximum absolute atomic E-state index is 12.3. The molecule has 0 radical (unpaired) electrons. The van der Waals surface area contributed by atoms with E-state index in [1.165, 1.54) is 0 Å². The lowest BCUT2D eigenvalue weighted by Gasteiger charge is -2.28. The number of hydrogen-bond donors (Lipinski definition) is 0. The number of hydrogen-bond acceptors (Lipinski definition) is 4. The highest BCUT2D eigenvalue weighted by Gasteiger charge is 2.36. The molecule has 1 fully saturated rings. The summed E-state index contributed by atoms with van der Waals surface area (Å²) in [5.41, 5.74) is 0.898. The van der Waals surface area contributed by atoms with Crippen molar-refractivity contribution in [2.45, 2.75) is 29.3 Å². The average molecular weight is 440 g/mol. The Morgan fingerprint density at radius 1 is 1.14 bits per heavy atom. The summed E-state index contributed by atoms with van der Waals surface area (Å²) in [7, 11) is -3.05. The number of fused-ring (bicyclic) bond motifs is 1. The molecule has 0 amide bonds. The Hall–Kier alpha value is -0.270. The van der Waals surface area contributed by atoms with Gasteiger partial charge in [-0.15, -0.1) is 0 Å². The second-order valence-corrected chi connectivity index (χ2v) is 9.50. The Balaban J connectivity index is 1.95.